The molecule has 2 N–H and O–H groups in total. The molecule has 0 unspecified atom stereocenters. The molecule has 9 nitrogen and oxygen atoms in total. The number of esters is 1. The van der Waals surface area contributed by atoms with E-state index < -0.39 is 59.8 Å². The molecular weight excluding hydrogens is 518 g/mol. The molecule has 1 aromatic rings. The normalized spacial score (nSPS) is 17.8. The van der Waals surface area contributed by atoms with E-state index in [-0.39, 0.29) is 24.5 Å². The number of halogens is 1. The zero-order valence-corrected chi connectivity index (χ0v) is 25.8. The number of hydrogen-bond donors (Lipinski definition) is 2. The number of amides is 2. The first-order chi connectivity index (χ1) is 18.3. The fourth-order valence-electron chi connectivity index (χ4n) is 4.24. The standard InChI is InChI=1S/C29H46BFN2O7/c1-12-37-23(34)16-21(32-25(35)22(13-17(2)3)33-26(36)38-27(5,6)7)20-15-19(14-18(4)24(20)31)30-39-28(8,9)29(10,11)40-30/h14-15,17,21-22H,12-13,16H2,1-11H3,(H,32,35)(H,33,36)/t21-,22-/m0/s1. The second-order valence-corrected chi connectivity index (χ2v) is 12.7. The van der Waals surface area contributed by atoms with Crippen LogP contribution in [0.1, 0.15) is 99.2 Å². The van der Waals surface area contributed by atoms with Crippen molar-refractivity contribution in [2.24, 2.45) is 5.92 Å². The third-order valence-electron chi connectivity index (χ3n) is 6.91. The largest absolute Gasteiger partial charge is 0.494 e. The lowest BCUT2D eigenvalue weighted by Gasteiger charge is -2.32. The molecule has 1 fully saturated rings. The number of benzene rings is 1. The molecule has 0 bridgehead atoms. The Kier molecular flexibility index (Phi) is 10.8. The summed E-state index contributed by atoms with van der Waals surface area (Å²) < 4.78 is 38.4. The van der Waals surface area contributed by atoms with Gasteiger partial charge in [-0.3, -0.25) is 9.59 Å². The third kappa shape index (κ3) is 8.93. The first kappa shape index (κ1) is 33.6. The maximum atomic E-state index is 15.6. The monoisotopic (exact) mass is 564 g/mol. The molecule has 0 aromatic heterocycles. The molecule has 0 aliphatic carbocycles. The summed E-state index contributed by atoms with van der Waals surface area (Å²) in [6, 6.07) is 1.13. The Balaban J connectivity index is 2.45. The quantitative estimate of drug-likeness (QED) is 0.318. The Labute approximate surface area is 238 Å². The van der Waals surface area contributed by atoms with Crippen LogP contribution in [-0.2, 0) is 28.4 Å². The Hall–Kier alpha value is -2.66. The van der Waals surface area contributed by atoms with E-state index >= 15 is 4.39 Å². The van der Waals surface area contributed by atoms with E-state index in [0.717, 1.165) is 0 Å². The Morgan fingerprint density at radius 2 is 1.62 bits per heavy atom. The van der Waals surface area contributed by atoms with Crippen molar-refractivity contribution in [2.45, 2.75) is 118 Å². The molecule has 11 heteroatoms. The minimum Gasteiger partial charge on any atom is -0.466 e. The van der Waals surface area contributed by atoms with Gasteiger partial charge in [0.25, 0.3) is 0 Å². The molecule has 224 valence electrons. The highest BCUT2D eigenvalue weighted by Gasteiger charge is 2.52. The maximum absolute atomic E-state index is 15.6. The number of aryl methyl sites for hydroxylation is 1. The summed E-state index contributed by atoms with van der Waals surface area (Å²) in [6.45, 7) is 20.0. The highest BCUT2D eigenvalue weighted by molar-refractivity contribution is 6.62. The van der Waals surface area contributed by atoms with E-state index in [0.29, 0.717) is 17.4 Å². The predicted octanol–water partition coefficient (Wildman–Crippen LogP) is 4.48. The van der Waals surface area contributed by atoms with E-state index in [1.807, 2.05) is 41.5 Å². The van der Waals surface area contributed by atoms with Crippen LogP contribution in [0.2, 0.25) is 0 Å². The molecule has 0 radical (unpaired) electrons. The average molecular weight is 565 g/mol. The minimum absolute atomic E-state index is 0.0416. The number of carbonyl (C=O) groups is 3. The van der Waals surface area contributed by atoms with Gasteiger partial charge in [-0.1, -0.05) is 26.0 Å². The molecular formula is C29H46BFN2O7. The number of hydrogen-bond acceptors (Lipinski definition) is 7. The van der Waals surface area contributed by atoms with Crippen molar-refractivity contribution in [3.63, 3.8) is 0 Å². The zero-order valence-electron chi connectivity index (χ0n) is 25.8. The van der Waals surface area contributed by atoms with Crippen molar-refractivity contribution in [3.05, 3.63) is 29.1 Å². The highest BCUT2D eigenvalue weighted by atomic mass is 19.1. The first-order valence-corrected chi connectivity index (χ1v) is 13.9. The Morgan fingerprint density at radius 1 is 1.05 bits per heavy atom. The number of ether oxygens (including phenoxy) is 2. The van der Waals surface area contributed by atoms with Gasteiger partial charge >= 0.3 is 19.2 Å². The summed E-state index contributed by atoms with van der Waals surface area (Å²) in [4.78, 5) is 38.6. The molecule has 0 saturated carbocycles. The molecule has 1 aliphatic heterocycles. The molecule has 1 heterocycles. The zero-order chi connectivity index (χ0) is 30.6. The van der Waals surface area contributed by atoms with Gasteiger partial charge in [-0.25, -0.2) is 9.18 Å². The molecule has 1 aromatic carbocycles. The highest BCUT2D eigenvalue weighted by Crippen LogP contribution is 2.37. The van der Waals surface area contributed by atoms with Crippen LogP contribution in [0.5, 0.6) is 0 Å². The molecule has 2 rings (SSSR count). The lowest BCUT2D eigenvalue weighted by atomic mass is 9.76. The fourth-order valence-corrected chi connectivity index (χ4v) is 4.24. The summed E-state index contributed by atoms with van der Waals surface area (Å²) in [5.41, 5.74) is -1.04. The number of rotatable bonds is 10. The maximum Gasteiger partial charge on any atom is 0.494 e. The van der Waals surface area contributed by atoms with Gasteiger partial charge in [-0.2, -0.15) is 0 Å². The van der Waals surface area contributed by atoms with Crippen molar-refractivity contribution in [2.75, 3.05) is 6.61 Å². The van der Waals surface area contributed by atoms with Crippen LogP contribution >= 0.6 is 0 Å². The first-order valence-electron chi connectivity index (χ1n) is 13.9. The van der Waals surface area contributed by atoms with Crippen LogP contribution in [0, 0.1) is 18.7 Å². The van der Waals surface area contributed by atoms with E-state index in [9.17, 15) is 14.4 Å². The summed E-state index contributed by atoms with van der Waals surface area (Å²) in [5, 5.41) is 5.40. The van der Waals surface area contributed by atoms with Gasteiger partial charge in [-0.15, -0.1) is 0 Å². The lowest BCUT2D eigenvalue weighted by molar-refractivity contribution is -0.144. The van der Waals surface area contributed by atoms with Crippen molar-refractivity contribution >= 4 is 30.6 Å². The lowest BCUT2D eigenvalue weighted by Crippen LogP contribution is -2.50. The summed E-state index contributed by atoms with van der Waals surface area (Å²) in [5.74, 6) is -1.71. The second-order valence-electron chi connectivity index (χ2n) is 12.7. The number of nitrogens with one attached hydrogen (secondary N) is 2. The molecule has 1 aliphatic rings. The van der Waals surface area contributed by atoms with E-state index in [2.05, 4.69) is 10.6 Å². The van der Waals surface area contributed by atoms with Crippen molar-refractivity contribution in [1.82, 2.24) is 10.6 Å². The van der Waals surface area contributed by atoms with Crippen LogP contribution in [-0.4, -0.2) is 54.5 Å². The van der Waals surface area contributed by atoms with Crippen molar-refractivity contribution < 1.29 is 37.6 Å². The van der Waals surface area contributed by atoms with Gasteiger partial charge in [0, 0.05) is 5.56 Å². The van der Waals surface area contributed by atoms with Gasteiger partial charge in [0.1, 0.15) is 17.5 Å². The fraction of sp³-hybridized carbons (Fsp3) is 0.690. The van der Waals surface area contributed by atoms with Gasteiger partial charge in [-0.05, 0) is 85.7 Å². The molecule has 1 saturated heterocycles. The molecule has 2 amide bonds. The summed E-state index contributed by atoms with van der Waals surface area (Å²) in [6.07, 6.45) is -0.768. The Bertz CT molecular complexity index is 1070. The summed E-state index contributed by atoms with van der Waals surface area (Å²) in [7, 11) is -0.774. The second kappa shape index (κ2) is 12.9. The minimum atomic E-state index is -1.08. The molecule has 40 heavy (non-hydrogen) atoms. The van der Waals surface area contributed by atoms with Crippen molar-refractivity contribution in [3.8, 4) is 0 Å². The topological polar surface area (TPSA) is 112 Å². The third-order valence-corrected chi connectivity index (χ3v) is 6.91. The average Bonchev–Trinajstić information content (AvgIpc) is 3.00. The van der Waals surface area contributed by atoms with Gasteiger partial charge in [0.2, 0.25) is 5.91 Å². The number of alkyl carbamates (subject to hydrolysis) is 1. The van der Waals surface area contributed by atoms with E-state index in [1.54, 1.807) is 46.8 Å². The van der Waals surface area contributed by atoms with Crippen LogP contribution < -0.4 is 16.1 Å². The Morgan fingerprint density at radius 3 is 2.12 bits per heavy atom. The van der Waals surface area contributed by atoms with E-state index in [4.69, 9.17) is 18.8 Å². The number of carbonyl (C=O) groups excluding carboxylic acids is 3. The molecule has 2 atom stereocenters. The van der Waals surface area contributed by atoms with Gasteiger partial charge in [0.15, 0.2) is 0 Å². The van der Waals surface area contributed by atoms with Crippen LogP contribution in [0.4, 0.5) is 9.18 Å². The van der Waals surface area contributed by atoms with E-state index in [1.165, 1.54) is 0 Å². The SMILES string of the molecule is CCOC(=O)C[C@H](NC(=O)[C@H](CC(C)C)NC(=O)OC(C)(C)C)c1cc(B2OC(C)(C)C(C)(C)O2)cc(C)c1F. The van der Waals surface area contributed by atoms with Crippen molar-refractivity contribution in [1.29, 1.82) is 0 Å². The summed E-state index contributed by atoms with van der Waals surface area (Å²) >= 11 is 0. The van der Waals surface area contributed by atoms with Crippen LogP contribution in [0.25, 0.3) is 0 Å². The smallest absolute Gasteiger partial charge is 0.466 e. The van der Waals surface area contributed by atoms with Crippen LogP contribution in [0.15, 0.2) is 12.1 Å². The van der Waals surface area contributed by atoms with Crippen LogP contribution in [0.3, 0.4) is 0 Å². The predicted molar refractivity (Wildman–Crippen MR) is 152 cm³/mol. The molecule has 0 spiro atoms. The van der Waals surface area contributed by atoms with Gasteiger partial charge < -0.3 is 29.4 Å². The van der Waals surface area contributed by atoms with Gasteiger partial charge in [0.05, 0.1) is 30.3 Å².